The van der Waals surface area contributed by atoms with E-state index in [-0.39, 0.29) is 12.1 Å². The van der Waals surface area contributed by atoms with E-state index in [0.29, 0.717) is 0 Å². The van der Waals surface area contributed by atoms with Crippen molar-refractivity contribution < 1.29 is 9.53 Å². The lowest BCUT2D eigenvalue weighted by molar-refractivity contribution is 0.0804. The van der Waals surface area contributed by atoms with Crippen LogP contribution in [0.25, 0.3) is 0 Å². The molecule has 0 aliphatic carbocycles. The van der Waals surface area contributed by atoms with Crippen molar-refractivity contribution in [1.29, 1.82) is 0 Å². The summed E-state index contributed by atoms with van der Waals surface area (Å²) in [6, 6.07) is 0.183. The molecule has 1 unspecified atom stereocenters. The van der Waals surface area contributed by atoms with Crippen LogP contribution in [0.2, 0.25) is 0 Å². The summed E-state index contributed by atoms with van der Waals surface area (Å²) < 4.78 is 5.57. The summed E-state index contributed by atoms with van der Waals surface area (Å²) in [6.45, 7) is 3.45. The molecule has 4 heteroatoms. The van der Waals surface area contributed by atoms with Crippen LogP contribution in [-0.4, -0.2) is 55.2 Å². The number of carbonyl (C=O) groups is 1. The fraction of sp³-hybridized carbons (Fsp3) is 0.923. The van der Waals surface area contributed by atoms with Crippen LogP contribution in [0.5, 0.6) is 0 Å². The van der Waals surface area contributed by atoms with Crippen LogP contribution >= 0.6 is 0 Å². The SMILES string of the molecule is CN(CC1CCCO1)C(=O)N1CCCCCC1. The molecule has 2 amide bonds. The first-order valence-corrected chi connectivity index (χ1v) is 6.89. The molecule has 2 heterocycles. The third kappa shape index (κ3) is 3.60. The first kappa shape index (κ1) is 12.7. The predicted molar refractivity (Wildman–Crippen MR) is 67.0 cm³/mol. The molecule has 2 rings (SSSR count). The molecule has 2 aliphatic heterocycles. The number of urea groups is 1. The number of rotatable bonds is 2. The molecule has 0 radical (unpaired) electrons. The zero-order chi connectivity index (χ0) is 12.1. The molecule has 0 N–H and O–H groups in total. The van der Waals surface area contributed by atoms with E-state index < -0.39 is 0 Å². The summed E-state index contributed by atoms with van der Waals surface area (Å²) in [7, 11) is 1.90. The smallest absolute Gasteiger partial charge is 0.319 e. The molecule has 1 atom stereocenters. The summed E-state index contributed by atoms with van der Waals surface area (Å²) in [4.78, 5) is 16.1. The van der Waals surface area contributed by atoms with Crippen molar-refractivity contribution in [3.05, 3.63) is 0 Å². The third-order valence-corrected chi connectivity index (χ3v) is 3.70. The van der Waals surface area contributed by atoms with Crippen LogP contribution in [0.3, 0.4) is 0 Å². The van der Waals surface area contributed by atoms with Gasteiger partial charge in [0.25, 0.3) is 0 Å². The second-order valence-electron chi connectivity index (χ2n) is 5.20. The van der Waals surface area contributed by atoms with Gasteiger partial charge in [0.05, 0.1) is 6.10 Å². The van der Waals surface area contributed by atoms with Crippen LogP contribution in [0.15, 0.2) is 0 Å². The molecule has 0 aromatic rings. The van der Waals surface area contributed by atoms with Gasteiger partial charge in [-0.1, -0.05) is 12.8 Å². The van der Waals surface area contributed by atoms with Gasteiger partial charge in [0, 0.05) is 33.3 Å². The topological polar surface area (TPSA) is 32.8 Å². The van der Waals surface area contributed by atoms with E-state index in [2.05, 4.69) is 0 Å². The van der Waals surface area contributed by atoms with Crippen molar-refractivity contribution in [2.75, 3.05) is 33.3 Å². The first-order chi connectivity index (χ1) is 8.27. The number of likely N-dealkylation sites (N-methyl/N-ethyl adjacent to an activating group) is 1. The van der Waals surface area contributed by atoms with Crippen LogP contribution in [-0.2, 0) is 4.74 Å². The van der Waals surface area contributed by atoms with Gasteiger partial charge in [-0.3, -0.25) is 0 Å². The summed E-state index contributed by atoms with van der Waals surface area (Å²) in [5.41, 5.74) is 0. The van der Waals surface area contributed by atoms with Crippen molar-refractivity contribution in [2.24, 2.45) is 0 Å². The van der Waals surface area contributed by atoms with Gasteiger partial charge in [0.15, 0.2) is 0 Å². The van der Waals surface area contributed by atoms with E-state index in [0.717, 1.165) is 51.9 Å². The average molecular weight is 240 g/mol. The predicted octanol–water partition coefficient (Wildman–Crippen LogP) is 2.09. The lowest BCUT2D eigenvalue weighted by Gasteiger charge is -2.28. The highest BCUT2D eigenvalue weighted by molar-refractivity contribution is 5.74. The maximum atomic E-state index is 12.2. The summed E-state index contributed by atoms with van der Waals surface area (Å²) >= 11 is 0. The molecule has 0 bridgehead atoms. The molecule has 0 aromatic heterocycles. The van der Waals surface area contributed by atoms with E-state index in [1.54, 1.807) is 0 Å². The van der Waals surface area contributed by atoms with E-state index in [1.165, 1.54) is 12.8 Å². The van der Waals surface area contributed by atoms with Crippen molar-refractivity contribution in [3.8, 4) is 0 Å². The molecular weight excluding hydrogens is 216 g/mol. The quantitative estimate of drug-likeness (QED) is 0.740. The molecule has 0 aromatic carbocycles. The molecule has 2 fully saturated rings. The van der Waals surface area contributed by atoms with Gasteiger partial charge >= 0.3 is 6.03 Å². The van der Waals surface area contributed by atoms with E-state index in [4.69, 9.17) is 4.74 Å². The Morgan fingerprint density at radius 3 is 2.53 bits per heavy atom. The van der Waals surface area contributed by atoms with E-state index >= 15 is 0 Å². The Bertz CT molecular complexity index is 244. The number of hydrogen-bond donors (Lipinski definition) is 0. The Morgan fingerprint density at radius 1 is 1.24 bits per heavy atom. The molecule has 2 saturated heterocycles. The highest BCUT2D eigenvalue weighted by Gasteiger charge is 2.23. The molecule has 0 saturated carbocycles. The maximum Gasteiger partial charge on any atom is 0.319 e. The lowest BCUT2D eigenvalue weighted by Crippen LogP contribution is -2.44. The van der Waals surface area contributed by atoms with Crippen molar-refractivity contribution >= 4 is 6.03 Å². The Hall–Kier alpha value is -0.770. The minimum atomic E-state index is 0.183. The fourth-order valence-corrected chi connectivity index (χ4v) is 2.68. The normalized spacial score (nSPS) is 25.7. The first-order valence-electron chi connectivity index (χ1n) is 6.89. The zero-order valence-electron chi connectivity index (χ0n) is 10.9. The monoisotopic (exact) mass is 240 g/mol. The lowest BCUT2D eigenvalue weighted by atomic mass is 10.2. The number of carbonyl (C=O) groups excluding carboxylic acids is 1. The van der Waals surface area contributed by atoms with Crippen molar-refractivity contribution in [3.63, 3.8) is 0 Å². The zero-order valence-corrected chi connectivity index (χ0v) is 10.9. The number of nitrogens with zero attached hydrogens (tertiary/aromatic N) is 2. The molecule has 17 heavy (non-hydrogen) atoms. The van der Waals surface area contributed by atoms with E-state index in [1.807, 2.05) is 16.8 Å². The van der Waals surface area contributed by atoms with Crippen molar-refractivity contribution in [2.45, 2.75) is 44.6 Å². The Labute approximate surface area is 104 Å². The van der Waals surface area contributed by atoms with Gasteiger partial charge in [0.2, 0.25) is 0 Å². The van der Waals surface area contributed by atoms with Crippen molar-refractivity contribution in [1.82, 2.24) is 9.80 Å². The fourth-order valence-electron chi connectivity index (χ4n) is 2.68. The van der Waals surface area contributed by atoms with Gasteiger partial charge in [-0.25, -0.2) is 4.79 Å². The summed E-state index contributed by atoms with van der Waals surface area (Å²) in [5, 5.41) is 0. The second-order valence-corrected chi connectivity index (χ2v) is 5.20. The van der Waals surface area contributed by atoms with Crippen LogP contribution < -0.4 is 0 Å². The highest BCUT2D eigenvalue weighted by Crippen LogP contribution is 2.15. The van der Waals surface area contributed by atoms with Gasteiger partial charge < -0.3 is 14.5 Å². The van der Waals surface area contributed by atoms with Crippen LogP contribution in [0, 0.1) is 0 Å². The Balaban J connectivity index is 1.80. The standard InChI is InChI=1S/C13H24N2O2/c1-14(11-12-7-6-10-17-12)13(16)15-8-4-2-3-5-9-15/h12H,2-11H2,1H3. The van der Waals surface area contributed by atoms with Crippen LogP contribution in [0.1, 0.15) is 38.5 Å². The van der Waals surface area contributed by atoms with Gasteiger partial charge in [-0.15, -0.1) is 0 Å². The maximum absolute atomic E-state index is 12.2. The Kier molecular flexibility index (Phi) is 4.66. The number of ether oxygens (including phenoxy) is 1. The molecular formula is C13H24N2O2. The minimum Gasteiger partial charge on any atom is -0.376 e. The number of likely N-dealkylation sites (tertiary alicyclic amines) is 1. The minimum absolute atomic E-state index is 0.183. The van der Waals surface area contributed by atoms with Crippen LogP contribution in [0.4, 0.5) is 4.79 Å². The van der Waals surface area contributed by atoms with Gasteiger partial charge in [-0.05, 0) is 25.7 Å². The number of amides is 2. The average Bonchev–Trinajstić information content (AvgIpc) is 2.68. The molecule has 4 nitrogen and oxygen atoms in total. The van der Waals surface area contributed by atoms with E-state index in [9.17, 15) is 4.79 Å². The van der Waals surface area contributed by atoms with Gasteiger partial charge in [0.1, 0.15) is 0 Å². The molecule has 98 valence electrons. The largest absolute Gasteiger partial charge is 0.376 e. The highest BCUT2D eigenvalue weighted by atomic mass is 16.5. The molecule has 2 aliphatic rings. The van der Waals surface area contributed by atoms with Gasteiger partial charge in [-0.2, -0.15) is 0 Å². The second kappa shape index (κ2) is 6.24. The number of hydrogen-bond acceptors (Lipinski definition) is 2. The molecule has 0 spiro atoms. The Morgan fingerprint density at radius 2 is 1.94 bits per heavy atom. The summed E-state index contributed by atoms with van der Waals surface area (Å²) in [6.07, 6.45) is 7.32. The summed E-state index contributed by atoms with van der Waals surface area (Å²) in [5.74, 6) is 0. The third-order valence-electron chi connectivity index (χ3n) is 3.70.